The molecule has 0 aromatic rings. The lowest BCUT2D eigenvalue weighted by Gasteiger charge is -2.00. The van der Waals surface area contributed by atoms with E-state index in [0.717, 1.165) is 0 Å². The van der Waals surface area contributed by atoms with E-state index >= 15 is 0 Å². The van der Waals surface area contributed by atoms with Gasteiger partial charge in [0.05, 0.1) is 5.75 Å². The van der Waals surface area contributed by atoms with Crippen molar-refractivity contribution in [2.45, 2.75) is 5.56 Å². The first-order chi connectivity index (χ1) is 4.92. The first-order valence-electron chi connectivity index (χ1n) is 2.77. The predicted molar refractivity (Wildman–Crippen MR) is 45.6 cm³/mol. The molecule has 1 atom stereocenters. The van der Waals surface area contributed by atoms with Crippen LogP contribution in [0, 0.1) is 0 Å². The molecular formula is C4H9ClO4S2. The summed E-state index contributed by atoms with van der Waals surface area (Å²) in [5.74, 6) is 0.195. The maximum Gasteiger partial charge on any atom is 0.265 e. The number of aliphatic hydroxyl groups excluding tert-OH is 1. The maximum absolute atomic E-state index is 10.1. The largest absolute Gasteiger partial charge is 0.377 e. The number of aliphatic hydroxyl groups is 1. The first kappa shape index (κ1) is 11.5. The predicted octanol–water partition coefficient (Wildman–Crippen LogP) is 0.165. The summed E-state index contributed by atoms with van der Waals surface area (Å²) in [6.45, 7) is 0. The zero-order chi connectivity index (χ0) is 8.91. The van der Waals surface area contributed by atoms with E-state index in [1.54, 1.807) is 0 Å². The van der Waals surface area contributed by atoms with Crippen LogP contribution in [-0.4, -0.2) is 40.9 Å². The Bertz CT molecular complexity index is 188. The minimum Gasteiger partial charge on any atom is -0.377 e. The van der Waals surface area contributed by atoms with Crippen molar-refractivity contribution in [1.29, 1.82) is 0 Å². The standard InChI is InChI=1S/C4H9ClO4S2/c5-4(6)3-10-1-2-11(7,8)9/h4,6H,1-3H2,(H,7,8,9). The Morgan fingerprint density at radius 3 is 2.45 bits per heavy atom. The molecule has 0 heterocycles. The molecule has 0 rings (SSSR count). The highest BCUT2D eigenvalue weighted by molar-refractivity contribution is 8.00. The highest BCUT2D eigenvalue weighted by atomic mass is 35.5. The van der Waals surface area contributed by atoms with Gasteiger partial charge in [-0.25, -0.2) is 0 Å². The van der Waals surface area contributed by atoms with Gasteiger partial charge in [0.2, 0.25) is 0 Å². The third-order valence-electron chi connectivity index (χ3n) is 0.741. The second-order valence-electron chi connectivity index (χ2n) is 1.80. The van der Waals surface area contributed by atoms with Gasteiger partial charge >= 0.3 is 0 Å². The van der Waals surface area contributed by atoms with Gasteiger partial charge in [-0.05, 0) is 0 Å². The maximum atomic E-state index is 10.1. The Morgan fingerprint density at radius 1 is 1.55 bits per heavy atom. The minimum atomic E-state index is -3.87. The number of halogens is 1. The van der Waals surface area contributed by atoms with E-state index in [2.05, 4.69) is 0 Å². The van der Waals surface area contributed by atoms with Crippen LogP contribution < -0.4 is 0 Å². The molecule has 0 radical (unpaired) electrons. The molecule has 0 aromatic heterocycles. The fourth-order valence-corrected chi connectivity index (χ4v) is 2.29. The molecule has 0 aromatic carbocycles. The van der Waals surface area contributed by atoms with E-state index in [4.69, 9.17) is 21.3 Å². The van der Waals surface area contributed by atoms with Crippen LogP contribution in [0.15, 0.2) is 0 Å². The summed E-state index contributed by atoms with van der Waals surface area (Å²) in [6, 6.07) is 0. The summed E-state index contributed by atoms with van der Waals surface area (Å²) in [5, 5.41) is 8.51. The van der Waals surface area contributed by atoms with Crippen LogP contribution in [-0.2, 0) is 10.1 Å². The second kappa shape index (κ2) is 5.21. The molecule has 0 amide bonds. The first-order valence-corrected chi connectivity index (χ1v) is 5.97. The smallest absolute Gasteiger partial charge is 0.265 e. The number of hydrogen-bond donors (Lipinski definition) is 2. The average Bonchev–Trinajstić information content (AvgIpc) is 1.78. The van der Waals surface area contributed by atoms with Gasteiger partial charge in [0.1, 0.15) is 5.56 Å². The number of rotatable bonds is 5. The molecular weight excluding hydrogens is 212 g/mol. The van der Waals surface area contributed by atoms with Crippen LogP contribution >= 0.6 is 23.4 Å². The van der Waals surface area contributed by atoms with Gasteiger partial charge in [-0.1, -0.05) is 11.6 Å². The molecule has 0 aliphatic carbocycles. The molecule has 7 heteroatoms. The molecule has 2 N–H and O–H groups in total. The number of alkyl halides is 1. The molecule has 0 saturated heterocycles. The Balaban J connectivity index is 3.30. The van der Waals surface area contributed by atoms with E-state index in [-0.39, 0.29) is 17.3 Å². The molecule has 1 unspecified atom stereocenters. The minimum absolute atomic E-state index is 0.239. The number of hydrogen-bond acceptors (Lipinski definition) is 4. The van der Waals surface area contributed by atoms with Crippen molar-refractivity contribution in [1.82, 2.24) is 0 Å². The molecule has 0 aliphatic heterocycles. The molecule has 68 valence electrons. The van der Waals surface area contributed by atoms with Crippen molar-refractivity contribution in [3.63, 3.8) is 0 Å². The van der Waals surface area contributed by atoms with Crippen LogP contribution in [0.2, 0.25) is 0 Å². The molecule has 4 nitrogen and oxygen atoms in total. The molecule has 11 heavy (non-hydrogen) atoms. The van der Waals surface area contributed by atoms with Gasteiger partial charge in [0.25, 0.3) is 10.1 Å². The van der Waals surface area contributed by atoms with E-state index in [1.165, 1.54) is 11.8 Å². The van der Waals surface area contributed by atoms with Crippen molar-refractivity contribution in [2.75, 3.05) is 17.3 Å². The lowest BCUT2D eigenvalue weighted by atomic mass is 10.9. The fourth-order valence-electron chi connectivity index (χ4n) is 0.345. The monoisotopic (exact) mass is 220 g/mol. The summed E-state index contributed by atoms with van der Waals surface area (Å²) >= 11 is 6.32. The zero-order valence-electron chi connectivity index (χ0n) is 5.60. The summed E-state index contributed by atoms with van der Waals surface area (Å²) < 4.78 is 28.5. The Morgan fingerprint density at radius 2 is 2.09 bits per heavy atom. The van der Waals surface area contributed by atoms with Crippen LogP contribution in [0.5, 0.6) is 0 Å². The Hall–Kier alpha value is 0.510. The topological polar surface area (TPSA) is 74.6 Å². The SMILES string of the molecule is O=S(=O)(O)CCSCC(O)Cl. The summed E-state index contributed by atoms with van der Waals surface area (Å²) in [5.41, 5.74) is -0.957. The van der Waals surface area contributed by atoms with E-state index in [9.17, 15) is 8.42 Å². The van der Waals surface area contributed by atoms with Crippen molar-refractivity contribution < 1.29 is 18.1 Å². The third kappa shape index (κ3) is 10.5. The highest BCUT2D eigenvalue weighted by Gasteiger charge is 2.04. The van der Waals surface area contributed by atoms with Gasteiger partial charge in [-0.15, -0.1) is 0 Å². The second-order valence-corrected chi connectivity index (χ2v) is 5.02. The zero-order valence-corrected chi connectivity index (χ0v) is 7.99. The molecule has 0 bridgehead atoms. The summed E-state index contributed by atoms with van der Waals surface area (Å²) in [4.78, 5) is 0. The van der Waals surface area contributed by atoms with Crippen molar-refractivity contribution >= 4 is 33.5 Å². The quantitative estimate of drug-likeness (QED) is 0.392. The molecule has 0 aliphatic rings. The van der Waals surface area contributed by atoms with Gasteiger partial charge in [0, 0.05) is 11.5 Å². The summed E-state index contributed by atoms with van der Waals surface area (Å²) in [7, 11) is -3.87. The van der Waals surface area contributed by atoms with Gasteiger partial charge < -0.3 is 5.11 Å². The Kier molecular flexibility index (Phi) is 5.45. The van der Waals surface area contributed by atoms with Gasteiger partial charge in [-0.2, -0.15) is 20.2 Å². The molecule has 0 fully saturated rings. The van der Waals surface area contributed by atoms with E-state index in [1.807, 2.05) is 0 Å². The van der Waals surface area contributed by atoms with E-state index in [0.29, 0.717) is 0 Å². The Labute approximate surface area is 74.7 Å². The van der Waals surface area contributed by atoms with E-state index < -0.39 is 15.7 Å². The van der Waals surface area contributed by atoms with Crippen LogP contribution in [0.3, 0.4) is 0 Å². The van der Waals surface area contributed by atoms with Crippen molar-refractivity contribution in [2.24, 2.45) is 0 Å². The van der Waals surface area contributed by atoms with Gasteiger partial charge in [-0.3, -0.25) is 4.55 Å². The number of thioether (sulfide) groups is 1. The van der Waals surface area contributed by atoms with Crippen molar-refractivity contribution in [3.8, 4) is 0 Å². The van der Waals surface area contributed by atoms with Crippen LogP contribution in [0.25, 0.3) is 0 Å². The highest BCUT2D eigenvalue weighted by Crippen LogP contribution is 2.05. The van der Waals surface area contributed by atoms with Crippen molar-refractivity contribution in [3.05, 3.63) is 0 Å². The third-order valence-corrected chi connectivity index (χ3v) is 3.10. The molecule has 0 saturated carbocycles. The lowest BCUT2D eigenvalue weighted by molar-refractivity contribution is 0.281. The van der Waals surface area contributed by atoms with Gasteiger partial charge in [0.15, 0.2) is 0 Å². The molecule has 0 spiro atoms. The average molecular weight is 221 g/mol. The fraction of sp³-hybridized carbons (Fsp3) is 1.00. The van der Waals surface area contributed by atoms with Crippen LogP contribution in [0.1, 0.15) is 0 Å². The van der Waals surface area contributed by atoms with Crippen LogP contribution in [0.4, 0.5) is 0 Å². The summed E-state index contributed by atoms with van der Waals surface area (Å²) in [6.07, 6.45) is 0. The lowest BCUT2D eigenvalue weighted by Crippen LogP contribution is -2.08. The normalized spacial score (nSPS) is 14.8.